The Morgan fingerprint density at radius 2 is 2.19 bits per heavy atom. The second-order valence-corrected chi connectivity index (χ2v) is 8.26. The molecule has 2 aliphatic rings. The highest BCUT2D eigenvalue weighted by molar-refractivity contribution is 5.99. The molecule has 0 unspecified atom stereocenters. The van der Waals surface area contributed by atoms with E-state index in [0.29, 0.717) is 28.8 Å². The first kappa shape index (κ1) is 20.8. The Hall–Kier alpha value is -3.06. The zero-order valence-electron chi connectivity index (χ0n) is 17.5. The second kappa shape index (κ2) is 8.13. The lowest BCUT2D eigenvalue weighted by molar-refractivity contribution is -0.138. The van der Waals surface area contributed by atoms with Gasteiger partial charge in [-0.15, -0.1) is 0 Å². The molecule has 5 atom stereocenters. The van der Waals surface area contributed by atoms with E-state index in [9.17, 15) is 15.0 Å². The molecule has 12 nitrogen and oxygen atoms in total. The summed E-state index contributed by atoms with van der Waals surface area (Å²) in [7, 11) is 1.80. The summed E-state index contributed by atoms with van der Waals surface area (Å²) in [6.07, 6.45) is 1.61. The number of carbonyl (C=O) groups is 1. The van der Waals surface area contributed by atoms with E-state index in [1.165, 1.54) is 6.33 Å². The average Bonchev–Trinajstić information content (AvgIpc) is 3.46. The summed E-state index contributed by atoms with van der Waals surface area (Å²) in [6.45, 7) is 1.58. The lowest BCUT2D eigenvalue weighted by Crippen LogP contribution is -2.51. The minimum Gasteiger partial charge on any atom is -0.387 e. The molecule has 0 aliphatic carbocycles. The number of fused-ring (bicyclic) bond motifs is 1. The van der Waals surface area contributed by atoms with Gasteiger partial charge < -0.3 is 35.9 Å². The summed E-state index contributed by atoms with van der Waals surface area (Å²) in [6, 6.07) is 1.78. The van der Waals surface area contributed by atoms with Crippen molar-refractivity contribution in [3.05, 3.63) is 24.8 Å². The first-order chi connectivity index (χ1) is 15.4. The fourth-order valence-corrected chi connectivity index (χ4v) is 4.42. The number of nitrogens with one attached hydrogen (secondary N) is 2. The van der Waals surface area contributed by atoms with E-state index in [2.05, 4.69) is 25.7 Å². The predicted octanol–water partition coefficient (Wildman–Crippen LogP) is -1.10. The average molecular weight is 442 g/mol. The highest BCUT2D eigenvalue weighted by Crippen LogP contribution is 2.37. The Morgan fingerprint density at radius 3 is 2.91 bits per heavy atom. The van der Waals surface area contributed by atoms with Crippen LogP contribution in [0.4, 0.5) is 5.82 Å². The summed E-state index contributed by atoms with van der Waals surface area (Å²) in [4.78, 5) is 21.2. The van der Waals surface area contributed by atoms with E-state index in [0.717, 1.165) is 19.4 Å². The number of rotatable bonds is 4. The van der Waals surface area contributed by atoms with Crippen LogP contribution in [0.5, 0.6) is 0 Å². The monoisotopic (exact) mass is 442 g/mol. The number of aryl methyl sites for hydroxylation is 1. The Morgan fingerprint density at radius 1 is 1.34 bits per heavy atom. The van der Waals surface area contributed by atoms with Crippen molar-refractivity contribution in [3.8, 4) is 11.3 Å². The van der Waals surface area contributed by atoms with Crippen LogP contribution in [0.25, 0.3) is 22.3 Å². The quantitative estimate of drug-likeness (QED) is 0.337. The molecule has 3 aromatic rings. The molecule has 12 heteroatoms. The maximum absolute atomic E-state index is 12.8. The minimum atomic E-state index is -1.40. The summed E-state index contributed by atoms with van der Waals surface area (Å²) < 4.78 is 9.11. The molecule has 0 bridgehead atoms. The fourth-order valence-electron chi connectivity index (χ4n) is 4.42. The van der Waals surface area contributed by atoms with Gasteiger partial charge in [-0.2, -0.15) is 5.10 Å². The number of hydrogen-bond acceptors (Lipinski definition) is 9. The molecule has 3 aromatic heterocycles. The van der Waals surface area contributed by atoms with Crippen molar-refractivity contribution in [2.75, 3.05) is 18.8 Å². The van der Waals surface area contributed by atoms with E-state index in [1.54, 1.807) is 28.7 Å². The summed E-state index contributed by atoms with van der Waals surface area (Å²) in [5.74, 6) is -0.204. The summed E-state index contributed by atoms with van der Waals surface area (Å²) in [5, 5.41) is 32.5. The van der Waals surface area contributed by atoms with Gasteiger partial charge in [0.25, 0.3) is 5.91 Å². The van der Waals surface area contributed by atoms with Crippen molar-refractivity contribution in [2.45, 2.75) is 43.4 Å². The number of nitrogen functional groups attached to an aromatic ring is 1. The number of aromatic nitrogens is 5. The third-order valence-corrected chi connectivity index (χ3v) is 6.04. The van der Waals surface area contributed by atoms with Crippen molar-refractivity contribution in [3.63, 3.8) is 0 Å². The number of amides is 1. The molecule has 2 saturated heterocycles. The second-order valence-electron chi connectivity index (χ2n) is 8.26. The number of anilines is 1. The Balaban J connectivity index is 1.47. The number of carbonyl (C=O) groups excluding carboxylic acids is 1. The first-order valence-corrected chi connectivity index (χ1v) is 10.6. The molecule has 5 heterocycles. The molecule has 32 heavy (non-hydrogen) atoms. The number of ether oxygens (including phenoxy) is 1. The van der Waals surface area contributed by atoms with Crippen molar-refractivity contribution in [1.82, 2.24) is 34.9 Å². The minimum absolute atomic E-state index is 0.0426. The molecule has 2 fully saturated rings. The fraction of sp³-hybridized carbons (Fsp3) is 0.500. The molecule has 170 valence electrons. The van der Waals surface area contributed by atoms with Crippen LogP contribution in [-0.4, -0.2) is 77.9 Å². The number of nitrogens with two attached hydrogens (primary N) is 1. The van der Waals surface area contributed by atoms with Gasteiger partial charge >= 0.3 is 0 Å². The molecule has 0 radical (unpaired) electrons. The van der Waals surface area contributed by atoms with Crippen LogP contribution in [0.3, 0.4) is 0 Å². The number of hydrogen-bond donors (Lipinski definition) is 5. The molecule has 0 saturated carbocycles. The number of nitrogens with zero attached hydrogens (tertiary/aromatic N) is 5. The van der Waals surface area contributed by atoms with Gasteiger partial charge in [0, 0.05) is 37.6 Å². The third-order valence-electron chi connectivity index (χ3n) is 6.04. The van der Waals surface area contributed by atoms with Gasteiger partial charge in [-0.3, -0.25) is 9.48 Å². The van der Waals surface area contributed by atoms with Crippen LogP contribution in [-0.2, 0) is 16.6 Å². The first-order valence-electron chi connectivity index (χ1n) is 10.6. The zero-order valence-corrected chi connectivity index (χ0v) is 17.5. The van der Waals surface area contributed by atoms with Gasteiger partial charge in [0.05, 0.1) is 11.1 Å². The molecule has 2 aliphatic heterocycles. The van der Waals surface area contributed by atoms with Gasteiger partial charge in [0.2, 0.25) is 0 Å². The van der Waals surface area contributed by atoms with E-state index in [4.69, 9.17) is 10.5 Å². The molecule has 0 aromatic carbocycles. The Labute approximate surface area is 183 Å². The number of aliphatic hydroxyl groups excluding tert-OH is 2. The van der Waals surface area contributed by atoms with Crippen LogP contribution in [0.1, 0.15) is 19.1 Å². The molecule has 1 amide bonds. The van der Waals surface area contributed by atoms with Gasteiger partial charge in [0.15, 0.2) is 12.3 Å². The van der Waals surface area contributed by atoms with Crippen molar-refractivity contribution in [1.29, 1.82) is 0 Å². The van der Waals surface area contributed by atoms with Crippen LogP contribution < -0.4 is 16.4 Å². The van der Waals surface area contributed by atoms with Crippen LogP contribution in [0.2, 0.25) is 0 Å². The highest BCUT2D eigenvalue weighted by atomic mass is 16.6. The molecule has 6 N–H and O–H groups in total. The SMILES string of the molecule is Cn1ccc(-c2cn([C@@H]3O[C@H](C(=O)N[C@@H]4CCCNC4)[C@@H](O)[C@H]3O)c3ncnc(N)c23)n1. The maximum atomic E-state index is 12.8. The number of aliphatic hydroxyl groups is 2. The van der Waals surface area contributed by atoms with Gasteiger partial charge in [-0.1, -0.05) is 0 Å². The van der Waals surface area contributed by atoms with Crippen LogP contribution >= 0.6 is 0 Å². The zero-order chi connectivity index (χ0) is 22.4. The van der Waals surface area contributed by atoms with Crippen molar-refractivity contribution < 1.29 is 19.7 Å². The van der Waals surface area contributed by atoms with Crippen molar-refractivity contribution in [2.24, 2.45) is 7.05 Å². The molecular weight excluding hydrogens is 416 g/mol. The molecule has 5 rings (SSSR count). The Bertz CT molecular complexity index is 1140. The number of piperidine rings is 1. The van der Waals surface area contributed by atoms with E-state index < -0.39 is 30.4 Å². The standard InChI is InChI=1S/C20H26N8O4/c1-27-6-4-12(26-27)11-8-28(18-13(11)17(21)23-9-24-18)20-15(30)14(29)16(32-20)19(31)25-10-3-2-5-22-7-10/h4,6,8-10,14-16,20,22,29-30H,2-3,5,7H2,1H3,(H,25,31)(H2,21,23,24)/t10-,14+,15-,16+,20-/m1/s1. The largest absolute Gasteiger partial charge is 0.387 e. The summed E-state index contributed by atoms with van der Waals surface area (Å²) >= 11 is 0. The highest BCUT2D eigenvalue weighted by Gasteiger charge is 2.48. The molecular formula is C20H26N8O4. The van der Waals surface area contributed by atoms with E-state index >= 15 is 0 Å². The maximum Gasteiger partial charge on any atom is 0.252 e. The lowest BCUT2D eigenvalue weighted by atomic mass is 10.1. The van der Waals surface area contributed by atoms with E-state index in [1.807, 2.05) is 6.07 Å². The van der Waals surface area contributed by atoms with E-state index in [-0.39, 0.29) is 11.9 Å². The third kappa shape index (κ3) is 3.50. The van der Waals surface area contributed by atoms with Crippen molar-refractivity contribution >= 4 is 22.8 Å². The lowest BCUT2D eigenvalue weighted by Gasteiger charge is -2.25. The summed E-state index contributed by atoms with van der Waals surface area (Å²) in [5.41, 5.74) is 7.84. The van der Waals surface area contributed by atoms with Gasteiger partial charge in [-0.25, -0.2) is 9.97 Å². The smallest absolute Gasteiger partial charge is 0.252 e. The van der Waals surface area contributed by atoms with Gasteiger partial charge in [0.1, 0.15) is 30.0 Å². The van der Waals surface area contributed by atoms with Crippen LogP contribution in [0.15, 0.2) is 24.8 Å². The van der Waals surface area contributed by atoms with Gasteiger partial charge in [-0.05, 0) is 25.5 Å². The molecule has 0 spiro atoms. The Kier molecular flexibility index (Phi) is 5.29. The van der Waals surface area contributed by atoms with Crippen LogP contribution in [0, 0.1) is 0 Å². The predicted molar refractivity (Wildman–Crippen MR) is 114 cm³/mol. The normalized spacial score (nSPS) is 28.3. The topological polar surface area (TPSA) is 165 Å².